The van der Waals surface area contributed by atoms with E-state index in [0.717, 1.165) is 24.5 Å². The Labute approximate surface area is 116 Å². The molecule has 1 fully saturated rings. The summed E-state index contributed by atoms with van der Waals surface area (Å²) in [5.74, 6) is 1.02. The van der Waals surface area contributed by atoms with Gasteiger partial charge in [-0.2, -0.15) is 17.0 Å². The molecule has 19 heavy (non-hydrogen) atoms. The average molecular weight is 277 g/mol. The van der Waals surface area contributed by atoms with Crippen LogP contribution in [0.4, 0.5) is 11.4 Å². The number of nitro groups is 1. The minimum absolute atomic E-state index is 0.124. The van der Waals surface area contributed by atoms with Crippen molar-refractivity contribution in [3.05, 3.63) is 33.9 Å². The second kappa shape index (κ2) is 5.10. The lowest BCUT2D eigenvalue weighted by Gasteiger charge is -2.39. The second-order valence-electron chi connectivity index (χ2n) is 5.10. The third kappa shape index (κ3) is 2.99. The summed E-state index contributed by atoms with van der Waals surface area (Å²) >= 11 is 1.92. The highest BCUT2D eigenvalue weighted by atomic mass is 32.2. The van der Waals surface area contributed by atoms with Crippen molar-refractivity contribution in [2.45, 2.75) is 18.6 Å². The van der Waals surface area contributed by atoms with E-state index in [1.807, 2.05) is 17.8 Å². The third-order valence-corrected chi connectivity index (χ3v) is 4.39. The van der Waals surface area contributed by atoms with Crippen LogP contribution < -0.4 is 4.90 Å². The van der Waals surface area contributed by atoms with Gasteiger partial charge < -0.3 is 4.90 Å². The lowest BCUT2D eigenvalue weighted by atomic mass is 10.1. The first-order valence-electron chi connectivity index (χ1n) is 6.00. The number of hydrogen-bond acceptors (Lipinski definition) is 5. The molecule has 0 aliphatic carbocycles. The molecule has 1 aliphatic heterocycles. The highest BCUT2D eigenvalue weighted by Crippen LogP contribution is 2.33. The number of benzene rings is 1. The zero-order valence-electron chi connectivity index (χ0n) is 10.9. The van der Waals surface area contributed by atoms with Crippen LogP contribution in [0.5, 0.6) is 0 Å². The van der Waals surface area contributed by atoms with E-state index in [-0.39, 0.29) is 16.0 Å². The summed E-state index contributed by atoms with van der Waals surface area (Å²) in [5.41, 5.74) is 0.881. The normalized spacial score (nSPS) is 17.8. The number of hydrogen-bond donors (Lipinski definition) is 0. The summed E-state index contributed by atoms with van der Waals surface area (Å²) in [4.78, 5) is 12.5. The Balaban J connectivity index is 2.31. The van der Waals surface area contributed by atoms with Gasteiger partial charge in [-0.15, -0.1) is 0 Å². The summed E-state index contributed by atoms with van der Waals surface area (Å²) in [6, 6.07) is 6.67. The topological polar surface area (TPSA) is 70.2 Å². The van der Waals surface area contributed by atoms with Gasteiger partial charge in [0.15, 0.2) is 0 Å². The molecule has 1 aromatic rings. The molecule has 0 N–H and O–H groups in total. The molecule has 0 bridgehead atoms. The highest BCUT2D eigenvalue weighted by Gasteiger charge is 2.28. The molecule has 1 aromatic carbocycles. The van der Waals surface area contributed by atoms with Gasteiger partial charge in [0, 0.05) is 35.3 Å². The van der Waals surface area contributed by atoms with Crippen molar-refractivity contribution in [3.8, 4) is 6.07 Å². The molecule has 100 valence electrons. The summed E-state index contributed by atoms with van der Waals surface area (Å²) in [6.07, 6.45) is 0. The zero-order valence-corrected chi connectivity index (χ0v) is 11.7. The Kier molecular flexibility index (Phi) is 3.67. The van der Waals surface area contributed by atoms with Crippen molar-refractivity contribution < 1.29 is 4.92 Å². The SMILES string of the molecule is CC1(C)CN(c2ccc([N+](=O)[O-])c(C#N)c2)CCS1. The van der Waals surface area contributed by atoms with E-state index >= 15 is 0 Å². The summed E-state index contributed by atoms with van der Waals surface area (Å²) < 4.78 is 0.160. The van der Waals surface area contributed by atoms with E-state index in [0.29, 0.717) is 0 Å². The van der Waals surface area contributed by atoms with Crippen LogP contribution >= 0.6 is 11.8 Å². The summed E-state index contributed by atoms with van der Waals surface area (Å²) in [7, 11) is 0. The average Bonchev–Trinajstić information content (AvgIpc) is 2.36. The summed E-state index contributed by atoms with van der Waals surface area (Å²) in [5, 5.41) is 19.8. The smallest absolute Gasteiger partial charge is 0.287 e. The maximum absolute atomic E-state index is 10.8. The predicted octanol–water partition coefficient (Wildman–Crippen LogP) is 2.80. The Bertz CT molecular complexity index is 551. The molecule has 1 aliphatic rings. The first-order valence-corrected chi connectivity index (χ1v) is 6.99. The van der Waals surface area contributed by atoms with Crippen molar-refractivity contribution >= 4 is 23.1 Å². The largest absolute Gasteiger partial charge is 0.369 e. The number of nitriles is 1. The molecular formula is C13H15N3O2S. The molecular weight excluding hydrogens is 262 g/mol. The maximum atomic E-state index is 10.8. The van der Waals surface area contributed by atoms with Gasteiger partial charge in [-0.25, -0.2) is 0 Å². The molecule has 0 saturated carbocycles. The number of nitrogens with zero attached hydrogens (tertiary/aromatic N) is 3. The van der Waals surface area contributed by atoms with Gasteiger partial charge in [0.1, 0.15) is 11.6 Å². The molecule has 2 rings (SSSR count). The molecule has 1 heterocycles. The first-order chi connectivity index (χ1) is 8.93. The molecule has 0 amide bonds. The van der Waals surface area contributed by atoms with Crippen LogP contribution in [0.2, 0.25) is 0 Å². The van der Waals surface area contributed by atoms with E-state index < -0.39 is 4.92 Å². The fourth-order valence-corrected chi connectivity index (χ4v) is 3.32. The maximum Gasteiger partial charge on any atom is 0.287 e. The lowest BCUT2D eigenvalue weighted by Crippen LogP contribution is -2.43. The van der Waals surface area contributed by atoms with Crippen LogP contribution in [0.25, 0.3) is 0 Å². The lowest BCUT2D eigenvalue weighted by molar-refractivity contribution is -0.385. The third-order valence-electron chi connectivity index (χ3n) is 3.09. The number of nitro benzene ring substituents is 1. The van der Waals surface area contributed by atoms with E-state index in [4.69, 9.17) is 5.26 Å². The van der Waals surface area contributed by atoms with Crippen LogP contribution in [0.15, 0.2) is 18.2 Å². The van der Waals surface area contributed by atoms with Gasteiger partial charge in [-0.05, 0) is 26.0 Å². The molecule has 0 aromatic heterocycles. The van der Waals surface area contributed by atoms with Gasteiger partial charge in [0.05, 0.1) is 4.92 Å². The Morgan fingerprint density at radius 2 is 2.26 bits per heavy atom. The highest BCUT2D eigenvalue weighted by molar-refractivity contribution is 8.00. The second-order valence-corrected chi connectivity index (χ2v) is 6.90. The van der Waals surface area contributed by atoms with Gasteiger partial charge in [0.2, 0.25) is 0 Å². The molecule has 0 atom stereocenters. The molecule has 0 unspecified atom stereocenters. The van der Waals surface area contributed by atoms with Crippen LogP contribution in [-0.2, 0) is 0 Å². The van der Waals surface area contributed by atoms with Crippen LogP contribution in [0.1, 0.15) is 19.4 Å². The Morgan fingerprint density at radius 3 is 2.84 bits per heavy atom. The van der Waals surface area contributed by atoms with Gasteiger partial charge in [0.25, 0.3) is 5.69 Å². The monoisotopic (exact) mass is 277 g/mol. The minimum atomic E-state index is -0.516. The standard InChI is InChI=1S/C13H15N3O2S/c1-13(2)9-15(5-6-19-13)11-3-4-12(16(17)18)10(7-11)8-14/h3-4,7H,5-6,9H2,1-2H3. The molecule has 0 radical (unpaired) electrons. The van der Waals surface area contributed by atoms with Gasteiger partial charge in [-0.1, -0.05) is 0 Å². The van der Waals surface area contributed by atoms with E-state index in [1.54, 1.807) is 12.1 Å². The minimum Gasteiger partial charge on any atom is -0.369 e. The van der Waals surface area contributed by atoms with Gasteiger partial charge in [-0.3, -0.25) is 10.1 Å². The molecule has 0 spiro atoms. The van der Waals surface area contributed by atoms with Crippen LogP contribution in [0, 0.1) is 21.4 Å². The van der Waals surface area contributed by atoms with Crippen molar-refractivity contribution in [3.63, 3.8) is 0 Å². The van der Waals surface area contributed by atoms with Crippen molar-refractivity contribution in [2.75, 3.05) is 23.7 Å². The quantitative estimate of drug-likeness (QED) is 0.614. The fourth-order valence-electron chi connectivity index (χ4n) is 2.21. The van der Waals surface area contributed by atoms with Crippen molar-refractivity contribution in [1.29, 1.82) is 5.26 Å². The van der Waals surface area contributed by atoms with Crippen molar-refractivity contribution in [2.24, 2.45) is 0 Å². The van der Waals surface area contributed by atoms with Gasteiger partial charge >= 0.3 is 0 Å². The number of anilines is 1. The predicted molar refractivity (Wildman–Crippen MR) is 76.6 cm³/mol. The van der Waals surface area contributed by atoms with Crippen LogP contribution in [-0.4, -0.2) is 28.5 Å². The Morgan fingerprint density at radius 1 is 1.53 bits per heavy atom. The first kappa shape index (κ1) is 13.7. The van der Waals surface area contributed by atoms with E-state index in [9.17, 15) is 10.1 Å². The van der Waals surface area contributed by atoms with Crippen molar-refractivity contribution in [1.82, 2.24) is 0 Å². The molecule has 5 nitrogen and oxygen atoms in total. The van der Waals surface area contributed by atoms with E-state index in [1.165, 1.54) is 6.07 Å². The van der Waals surface area contributed by atoms with E-state index in [2.05, 4.69) is 18.7 Å². The number of thioether (sulfide) groups is 1. The zero-order chi connectivity index (χ0) is 14.0. The molecule has 1 saturated heterocycles. The number of rotatable bonds is 2. The summed E-state index contributed by atoms with van der Waals surface area (Å²) in [6.45, 7) is 6.14. The molecule has 6 heteroatoms. The van der Waals surface area contributed by atoms with Crippen LogP contribution in [0.3, 0.4) is 0 Å². The fraction of sp³-hybridized carbons (Fsp3) is 0.462. The Hall–Kier alpha value is -1.74.